The summed E-state index contributed by atoms with van der Waals surface area (Å²) in [5.74, 6) is 0. The van der Waals surface area contributed by atoms with Crippen LogP contribution in [0.4, 0.5) is 13.2 Å². The average molecular weight is 661 g/mol. The molecule has 0 radical (unpaired) electrons. The number of unbranched alkanes of at least 4 members (excludes halogenated alkanes) is 18. The molecule has 0 N–H and O–H groups in total. The van der Waals surface area contributed by atoms with Gasteiger partial charge in [-0.1, -0.05) is 152 Å². The first kappa shape index (κ1) is 43.7. The van der Waals surface area contributed by atoms with Gasteiger partial charge >= 0.3 is 15.6 Å². The second-order valence-electron chi connectivity index (χ2n) is 12.4. The molecule has 0 amide bonds. The van der Waals surface area contributed by atoms with Crippen LogP contribution in [0.1, 0.15) is 181 Å². The van der Waals surface area contributed by atoms with Crippen LogP contribution >= 0.6 is 0 Å². The lowest BCUT2D eigenvalue weighted by atomic mass is 10.0. The van der Waals surface area contributed by atoms with Gasteiger partial charge in [-0.25, -0.2) is 0 Å². The summed E-state index contributed by atoms with van der Waals surface area (Å²) in [6.45, 7) is 4.43. The molecule has 0 fully saturated rings. The summed E-state index contributed by atoms with van der Waals surface area (Å²) < 4.78 is 66.8. The fraction of sp³-hybridized carbons (Fsp3) is 0.789. The van der Waals surface area contributed by atoms with Crippen LogP contribution in [0, 0.1) is 0 Å². The van der Waals surface area contributed by atoms with Crippen LogP contribution in [-0.4, -0.2) is 20.0 Å². The Morgan fingerprint density at radius 2 is 0.800 bits per heavy atom. The highest BCUT2D eigenvalue weighted by molar-refractivity contribution is 7.87. The van der Waals surface area contributed by atoms with Crippen molar-refractivity contribution in [1.82, 2.24) is 0 Å². The van der Waals surface area contributed by atoms with Crippen LogP contribution in [0.2, 0.25) is 0 Å². The van der Waals surface area contributed by atoms with E-state index in [1.54, 1.807) is 0 Å². The van der Waals surface area contributed by atoms with Crippen molar-refractivity contribution in [2.45, 2.75) is 192 Å². The lowest BCUT2D eigenvalue weighted by Gasteiger charge is -2.18. The van der Waals surface area contributed by atoms with Gasteiger partial charge < -0.3 is 0 Å². The van der Waals surface area contributed by atoms with Crippen molar-refractivity contribution in [3.8, 4) is 0 Å². The lowest BCUT2D eigenvalue weighted by molar-refractivity contribution is -0.0580. The number of hydrogen-bond donors (Lipinski definition) is 0. The van der Waals surface area contributed by atoms with E-state index < -0.39 is 21.7 Å². The van der Waals surface area contributed by atoms with Crippen molar-refractivity contribution in [3.05, 3.63) is 48.6 Å². The molecule has 0 atom stereocenters. The van der Waals surface area contributed by atoms with Crippen molar-refractivity contribution in [1.29, 1.82) is 0 Å². The molecule has 7 heteroatoms. The average Bonchev–Trinajstić information content (AvgIpc) is 2.99. The molecule has 0 aromatic heterocycles. The molecule has 0 aliphatic rings. The molecular formula is C38H67F3O3S. The van der Waals surface area contributed by atoms with E-state index >= 15 is 0 Å². The third-order valence-electron chi connectivity index (χ3n) is 8.00. The van der Waals surface area contributed by atoms with Crippen LogP contribution in [0.15, 0.2) is 48.6 Å². The summed E-state index contributed by atoms with van der Waals surface area (Å²) in [5.41, 5.74) is -5.37. The van der Waals surface area contributed by atoms with Gasteiger partial charge in [0.05, 0.1) is 6.10 Å². The third-order valence-corrected chi connectivity index (χ3v) is 9.09. The van der Waals surface area contributed by atoms with Gasteiger partial charge in [0.1, 0.15) is 0 Å². The summed E-state index contributed by atoms with van der Waals surface area (Å²) in [6, 6.07) is 0. The second-order valence-corrected chi connectivity index (χ2v) is 13.9. The van der Waals surface area contributed by atoms with Crippen LogP contribution in [0.3, 0.4) is 0 Å². The Hall–Kier alpha value is -1.34. The second kappa shape index (κ2) is 31.3. The lowest BCUT2D eigenvalue weighted by Crippen LogP contribution is -2.30. The van der Waals surface area contributed by atoms with Crippen LogP contribution < -0.4 is 0 Å². The van der Waals surface area contributed by atoms with Gasteiger partial charge in [0, 0.05) is 0 Å². The van der Waals surface area contributed by atoms with E-state index in [2.05, 4.69) is 66.6 Å². The van der Waals surface area contributed by atoms with Crippen LogP contribution in [0.25, 0.3) is 0 Å². The highest BCUT2D eigenvalue weighted by Crippen LogP contribution is 2.28. The topological polar surface area (TPSA) is 43.4 Å². The minimum Gasteiger partial charge on any atom is -0.260 e. The van der Waals surface area contributed by atoms with Gasteiger partial charge in [-0.3, -0.25) is 4.18 Å². The Morgan fingerprint density at radius 1 is 0.489 bits per heavy atom. The standard InChI is InChI=1S/C38H67F3O3S/c1-3-5-7-9-11-13-15-17-19-21-23-25-27-29-31-33-35-37(44-45(42,43)38(39,40)41)36-34-32-30-28-26-24-22-20-18-16-14-12-10-8-6-4-2/h11-14,17-20,37H,3-10,15-16,21-36H2,1-2H3/b13-11-,14-12-,19-17-,20-18-. The smallest absolute Gasteiger partial charge is 0.260 e. The maximum Gasteiger partial charge on any atom is 0.523 e. The molecule has 0 aliphatic carbocycles. The predicted octanol–water partition coefficient (Wildman–Crippen LogP) is 13.6. The summed E-state index contributed by atoms with van der Waals surface area (Å²) in [7, 11) is -5.56. The Bertz CT molecular complexity index is 812. The SMILES string of the molecule is CCCCC/C=C\C/C=C\CCCCCCCCC(CCCCCCCC/C=C\C/C=C\CCCCC)OS(=O)(=O)C(F)(F)F. The predicted molar refractivity (Wildman–Crippen MR) is 188 cm³/mol. The van der Waals surface area contributed by atoms with Crippen LogP contribution in [-0.2, 0) is 14.3 Å². The van der Waals surface area contributed by atoms with E-state index in [0.29, 0.717) is 25.7 Å². The summed E-state index contributed by atoms with van der Waals surface area (Å²) >= 11 is 0. The van der Waals surface area contributed by atoms with Gasteiger partial charge in [-0.2, -0.15) is 21.6 Å². The zero-order chi connectivity index (χ0) is 33.3. The van der Waals surface area contributed by atoms with Crippen molar-refractivity contribution in [2.24, 2.45) is 0 Å². The van der Waals surface area contributed by atoms with Crippen molar-refractivity contribution in [2.75, 3.05) is 0 Å². The Balaban J connectivity index is 4.06. The highest BCUT2D eigenvalue weighted by atomic mass is 32.2. The molecule has 0 saturated heterocycles. The maximum atomic E-state index is 12.9. The zero-order valence-electron chi connectivity index (χ0n) is 28.8. The van der Waals surface area contributed by atoms with Crippen molar-refractivity contribution in [3.63, 3.8) is 0 Å². The van der Waals surface area contributed by atoms with Gasteiger partial charge in [0.25, 0.3) is 0 Å². The van der Waals surface area contributed by atoms with E-state index in [9.17, 15) is 21.6 Å². The van der Waals surface area contributed by atoms with Gasteiger partial charge in [-0.15, -0.1) is 0 Å². The van der Waals surface area contributed by atoms with E-state index in [4.69, 9.17) is 0 Å². The summed E-state index contributed by atoms with van der Waals surface area (Å²) in [5, 5.41) is 0. The Morgan fingerprint density at radius 3 is 1.13 bits per heavy atom. The fourth-order valence-corrected chi connectivity index (χ4v) is 5.85. The van der Waals surface area contributed by atoms with E-state index in [-0.39, 0.29) is 0 Å². The molecular weight excluding hydrogens is 593 g/mol. The molecule has 0 bridgehead atoms. The fourth-order valence-electron chi connectivity index (χ4n) is 5.19. The van der Waals surface area contributed by atoms with Gasteiger partial charge in [0.15, 0.2) is 0 Å². The molecule has 0 heterocycles. The molecule has 0 rings (SSSR count). The first-order chi connectivity index (χ1) is 21.7. The van der Waals surface area contributed by atoms with Gasteiger partial charge in [0.2, 0.25) is 0 Å². The summed E-state index contributed by atoms with van der Waals surface area (Å²) in [4.78, 5) is 0. The highest BCUT2D eigenvalue weighted by Gasteiger charge is 2.48. The molecule has 0 spiro atoms. The minimum absolute atomic E-state index is 0.351. The van der Waals surface area contributed by atoms with E-state index in [0.717, 1.165) is 89.9 Å². The molecule has 0 saturated carbocycles. The third kappa shape index (κ3) is 29.8. The summed E-state index contributed by atoms with van der Waals surface area (Å²) in [6.07, 6.45) is 43.7. The molecule has 0 aromatic rings. The number of halogens is 3. The monoisotopic (exact) mass is 660 g/mol. The van der Waals surface area contributed by atoms with Gasteiger partial charge in [-0.05, 0) is 77.0 Å². The number of rotatable bonds is 32. The number of allylic oxidation sites excluding steroid dienone is 8. The Labute approximate surface area is 276 Å². The Kier molecular flexibility index (Phi) is 30.3. The van der Waals surface area contributed by atoms with Crippen molar-refractivity contribution >= 4 is 10.1 Å². The number of hydrogen-bond acceptors (Lipinski definition) is 3. The number of alkyl halides is 3. The van der Waals surface area contributed by atoms with Crippen LogP contribution in [0.5, 0.6) is 0 Å². The molecule has 0 aromatic carbocycles. The van der Waals surface area contributed by atoms with Crippen molar-refractivity contribution < 1.29 is 25.8 Å². The molecule has 45 heavy (non-hydrogen) atoms. The zero-order valence-corrected chi connectivity index (χ0v) is 29.7. The normalized spacial score (nSPS) is 13.2. The molecule has 264 valence electrons. The maximum absolute atomic E-state index is 12.9. The molecule has 0 unspecified atom stereocenters. The minimum atomic E-state index is -5.56. The first-order valence-corrected chi connectivity index (χ1v) is 19.7. The van der Waals surface area contributed by atoms with E-state index in [1.807, 2.05) is 0 Å². The molecule has 3 nitrogen and oxygen atoms in total. The largest absolute Gasteiger partial charge is 0.523 e. The van der Waals surface area contributed by atoms with E-state index in [1.165, 1.54) is 51.4 Å². The quantitative estimate of drug-likeness (QED) is 0.0312. The molecule has 0 aliphatic heterocycles. The first-order valence-electron chi connectivity index (χ1n) is 18.3.